The van der Waals surface area contributed by atoms with Crippen LogP contribution in [0.3, 0.4) is 0 Å². The molecule has 1 aliphatic rings. The Morgan fingerprint density at radius 2 is 1.68 bits per heavy atom. The number of carbonyl (C=O) groups is 1. The fourth-order valence-corrected chi connectivity index (χ4v) is 3.97. The van der Waals surface area contributed by atoms with Crippen LogP contribution in [0.25, 0.3) is 0 Å². The lowest BCUT2D eigenvalue weighted by Gasteiger charge is -2.18. The van der Waals surface area contributed by atoms with Gasteiger partial charge >= 0.3 is 5.97 Å². The number of aryl methyl sites for hydroxylation is 1. The number of aliphatic carboxylic acids is 1. The molecule has 3 heteroatoms. The highest BCUT2D eigenvalue weighted by molar-refractivity contribution is 5.79. The predicted octanol–water partition coefficient (Wildman–Crippen LogP) is 5.42. The molecule has 0 unspecified atom stereocenters. The van der Waals surface area contributed by atoms with E-state index in [2.05, 4.69) is 31.2 Å². The third-order valence-corrected chi connectivity index (χ3v) is 5.75. The SMILES string of the molecule is CCCCCCCCCCc1ccc([C@H]2CC[C@](N)(C(=O)O)C2)cc1. The highest BCUT2D eigenvalue weighted by atomic mass is 16.4. The van der Waals surface area contributed by atoms with Gasteiger partial charge in [-0.25, -0.2) is 0 Å². The molecular weight excluding hydrogens is 310 g/mol. The normalized spacial score (nSPS) is 23.0. The molecule has 0 bridgehead atoms. The van der Waals surface area contributed by atoms with E-state index in [1.165, 1.54) is 62.5 Å². The summed E-state index contributed by atoms with van der Waals surface area (Å²) in [4.78, 5) is 11.3. The van der Waals surface area contributed by atoms with Crippen LogP contribution in [-0.2, 0) is 11.2 Å². The molecule has 1 aliphatic carbocycles. The first kappa shape index (κ1) is 20.0. The molecule has 3 nitrogen and oxygen atoms in total. The molecule has 0 spiro atoms. The Kier molecular flexibility index (Phi) is 7.95. The molecular formula is C22H35NO2. The first-order valence-corrected chi connectivity index (χ1v) is 10.2. The zero-order valence-corrected chi connectivity index (χ0v) is 15.8. The largest absolute Gasteiger partial charge is 0.480 e. The van der Waals surface area contributed by atoms with Crippen molar-refractivity contribution in [3.8, 4) is 0 Å². The Balaban J connectivity index is 1.68. The summed E-state index contributed by atoms with van der Waals surface area (Å²) in [6, 6.07) is 8.79. The van der Waals surface area contributed by atoms with E-state index in [0.29, 0.717) is 18.8 Å². The molecule has 1 aromatic rings. The van der Waals surface area contributed by atoms with Gasteiger partial charge in [0.05, 0.1) is 0 Å². The summed E-state index contributed by atoms with van der Waals surface area (Å²) < 4.78 is 0. The van der Waals surface area contributed by atoms with Crippen LogP contribution in [0.1, 0.15) is 94.6 Å². The zero-order chi connectivity index (χ0) is 18.1. The smallest absolute Gasteiger partial charge is 0.323 e. The van der Waals surface area contributed by atoms with E-state index in [1.54, 1.807) is 0 Å². The number of carboxylic acid groups (broad SMARTS) is 1. The summed E-state index contributed by atoms with van der Waals surface area (Å²) in [7, 11) is 0. The number of hydrogen-bond acceptors (Lipinski definition) is 2. The van der Waals surface area contributed by atoms with Crippen LogP contribution in [0.4, 0.5) is 0 Å². The first-order valence-electron chi connectivity index (χ1n) is 10.2. The number of rotatable bonds is 11. The zero-order valence-electron chi connectivity index (χ0n) is 15.8. The third-order valence-electron chi connectivity index (χ3n) is 5.75. The molecule has 140 valence electrons. The lowest BCUT2D eigenvalue weighted by molar-refractivity contribution is -0.143. The van der Waals surface area contributed by atoms with Crippen molar-refractivity contribution in [2.75, 3.05) is 0 Å². The molecule has 0 aromatic heterocycles. The van der Waals surface area contributed by atoms with Crippen molar-refractivity contribution in [3.05, 3.63) is 35.4 Å². The van der Waals surface area contributed by atoms with Crippen molar-refractivity contribution in [2.45, 2.75) is 95.4 Å². The molecule has 1 aromatic carbocycles. The maximum absolute atomic E-state index is 11.3. The maximum Gasteiger partial charge on any atom is 0.323 e. The fourth-order valence-electron chi connectivity index (χ4n) is 3.97. The van der Waals surface area contributed by atoms with E-state index in [4.69, 9.17) is 5.73 Å². The Labute approximate surface area is 153 Å². The van der Waals surface area contributed by atoms with Crippen LogP contribution in [-0.4, -0.2) is 16.6 Å². The van der Waals surface area contributed by atoms with Crippen molar-refractivity contribution in [2.24, 2.45) is 5.73 Å². The van der Waals surface area contributed by atoms with Gasteiger partial charge in [0.1, 0.15) is 5.54 Å². The van der Waals surface area contributed by atoms with Gasteiger partial charge in [0.15, 0.2) is 0 Å². The highest BCUT2D eigenvalue weighted by Gasteiger charge is 2.42. The minimum absolute atomic E-state index is 0.290. The standard InChI is InChI=1S/C22H35NO2/c1-2-3-4-5-6-7-8-9-10-18-11-13-19(14-12-18)20-15-16-22(23,17-20)21(24)25/h11-14,20H,2-10,15-17,23H2,1H3,(H,24,25)/t20-,22+/m0/s1. The number of carboxylic acids is 1. The van der Waals surface area contributed by atoms with Gasteiger partial charge in [-0.15, -0.1) is 0 Å². The summed E-state index contributed by atoms with van der Waals surface area (Å²) in [5.41, 5.74) is 7.60. The van der Waals surface area contributed by atoms with Crippen molar-refractivity contribution >= 4 is 5.97 Å². The van der Waals surface area contributed by atoms with Crippen molar-refractivity contribution < 1.29 is 9.90 Å². The Morgan fingerprint density at radius 1 is 1.08 bits per heavy atom. The van der Waals surface area contributed by atoms with E-state index < -0.39 is 11.5 Å². The van der Waals surface area contributed by atoms with E-state index >= 15 is 0 Å². The molecule has 1 saturated carbocycles. The number of unbranched alkanes of at least 4 members (excludes halogenated alkanes) is 7. The monoisotopic (exact) mass is 345 g/mol. The first-order chi connectivity index (χ1) is 12.0. The van der Waals surface area contributed by atoms with Gasteiger partial charge in [-0.3, -0.25) is 4.79 Å². The van der Waals surface area contributed by atoms with Crippen molar-refractivity contribution in [1.82, 2.24) is 0 Å². The number of benzene rings is 1. The number of nitrogens with two attached hydrogens (primary N) is 1. The molecule has 0 radical (unpaired) electrons. The summed E-state index contributed by atoms with van der Waals surface area (Å²) in [5.74, 6) is -0.570. The summed E-state index contributed by atoms with van der Waals surface area (Å²) in [5, 5.41) is 9.26. The van der Waals surface area contributed by atoms with Crippen LogP contribution in [0.15, 0.2) is 24.3 Å². The quantitative estimate of drug-likeness (QED) is 0.526. The van der Waals surface area contributed by atoms with Crippen LogP contribution >= 0.6 is 0 Å². The molecule has 3 N–H and O–H groups in total. The second-order valence-corrected chi connectivity index (χ2v) is 7.87. The van der Waals surface area contributed by atoms with Crippen molar-refractivity contribution in [3.63, 3.8) is 0 Å². The number of hydrogen-bond donors (Lipinski definition) is 2. The van der Waals surface area contributed by atoms with Gasteiger partial charge in [0.2, 0.25) is 0 Å². The molecule has 0 aliphatic heterocycles. The van der Waals surface area contributed by atoms with Gasteiger partial charge in [-0.2, -0.15) is 0 Å². The van der Waals surface area contributed by atoms with Crippen LogP contribution in [0.2, 0.25) is 0 Å². The summed E-state index contributed by atoms with van der Waals surface area (Å²) in [6.07, 6.45) is 14.0. The van der Waals surface area contributed by atoms with Gasteiger partial charge in [-0.1, -0.05) is 76.1 Å². The lowest BCUT2D eigenvalue weighted by atomic mass is 9.92. The molecule has 0 amide bonds. The van der Waals surface area contributed by atoms with E-state index in [9.17, 15) is 9.90 Å². The predicted molar refractivity (Wildman–Crippen MR) is 104 cm³/mol. The van der Waals surface area contributed by atoms with E-state index in [-0.39, 0.29) is 0 Å². The maximum atomic E-state index is 11.3. The van der Waals surface area contributed by atoms with Crippen LogP contribution < -0.4 is 5.73 Å². The second-order valence-electron chi connectivity index (χ2n) is 7.87. The van der Waals surface area contributed by atoms with Gasteiger partial charge in [0.25, 0.3) is 0 Å². The van der Waals surface area contributed by atoms with Crippen molar-refractivity contribution in [1.29, 1.82) is 0 Å². The minimum Gasteiger partial charge on any atom is -0.480 e. The average molecular weight is 346 g/mol. The van der Waals surface area contributed by atoms with Gasteiger partial charge < -0.3 is 10.8 Å². The minimum atomic E-state index is -1.03. The fraction of sp³-hybridized carbons (Fsp3) is 0.682. The lowest BCUT2D eigenvalue weighted by Crippen LogP contribution is -2.45. The van der Waals surface area contributed by atoms with E-state index in [1.807, 2.05) is 0 Å². The molecule has 1 fully saturated rings. The van der Waals surface area contributed by atoms with Gasteiger partial charge in [0, 0.05) is 0 Å². The second kappa shape index (κ2) is 9.96. The summed E-state index contributed by atoms with van der Waals surface area (Å²) >= 11 is 0. The Bertz CT molecular complexity index is 525. The average Bonchev–Trinajstić information content (AvgIpc) is 3.02. The molecule has 2 atom stereocenters. The molecule has 25 heavy (non-hydrogen) atoms. The van der Waals surface area contributed by atoms with E-state index in [0.717, 1.165) is 12.8 Å². The highest BCUT2D eigenvalue weighted by Crippen LogP contribution is 2.39. The van der Waals surface area contributed by atoms with Crippen LogP contribution in [0.5, 0.6) is 0 Å². The molecule has 0 heterocycles. The Hall–Kier alpha value is -1.35. The third kappa shape index (κ3) is 6.14. The molecule has 0 saturated heterocycles. The summed E-state index contributed by atoms with van der Waals surface area (Å²) in [6.45, 7) is 2.26. The Morgan fingerprint density at radius 3 is 2.24 bits per heavy atom. The van der Waals surface area contributed by atoms with Crippen LogP contribution in [0, 0.1) is 0 Å². The van der Waals surface area contributed by atoms with Gasteiger partial charge in [-0.05, 0) is 49.1 Å². The molecule has 2 rings (SSSR count). The topological polar surface area (TPSA) is 63.3 Å².